The summed E-state index contributed by atoms with van der Waals surface area (Å²) in [4.78, 5) is 22.9. The van der Waals surface area contributed by atoms with Crippen LogP contribution in [0.4, 0.5) is 4.39 Å². The summed E-state index contributed by atoms with van der Waals surface area (Å²) in [5.41, 5.74) is 2.15. The summed E-state index contributed by atoms with van der Waals surface area (Å²) in [7, 11) is 0. The van der Waals surface area contributed by atoms with Crippen LogP contribution in [0, 0.1) is 40.9 Å². The Morgan fingerprint density at radius 3 is 2.84 bits per heavy atom. The third-order valence-corrected chi connectivity index (χ3v) is 7.96. The fourth-order valence-corrected chi connectivity index (χ4v) is 6.98. The van der Waals surface area contributed by atoms with E-state index in [0.29, 0.717) is 30.1 Å². The van der Waals surface area contributed by atoms with Gasteiger partial charge in [-0.15, -0.1) is 0 Å². The Labute approximate surface area is 149 Å². The van der Waals surface area contributed by atoms with Gasteiger partial charge in [-0.25, -0.2) is 9.18 Å². The summed E-state index contributed by atoms with van der Waals surface area (Å²) >= 11 is 0. The fraction of sp³-hybridized carbons (Fsp3) is 0.682. The van der Waals surface area contributed by atoms with Crippen molar-refractivity contribution in [3.8, 4) is 0 Å². The SMILES string of the molecule is C[C@@H]1CC2=CC(=O)CC[C@@H]2[C@H]2C(=CF)C[C@]3(C)[C@H](C=C=O)CC[C@H]3[C@@H]21. The molecule has 4 aliphatic rings. The number of fused-ring (bicyclic) bond motifs is 5. The zero-order chi connectivity index (χ0) is 17.8. The Kier molecular flexibility index (Phi) is 4.11. The number of allylic oxidation sites excluding steroid dienone is 3. The minimum Gasteiger partial charge on any atom is -0.295 e. The molecule has 3 fully saturated rings. The average Bonchev–Trinajstić information content (AvgIpc) is 2.90. The third kappa shape index (κ3) is 2.43. The van der Waals surface area contributed by atoms with Crippen LogP contribution >= 0.6 is 0 Å². The van der Waals surface area contributed by atoms with Gasteiger partial charge in [0, 0.05) is 12.5 Å². The molecule has 4 aliphatic carbocycles. The Morgan fingerprint density at radius 2 is 2.12 bits per heavy atom. The van der Waals surface area contributed by atoms with Crippen LogP contribution in [0.15, 0.2) is 29.6 Å². The van der Waals surface area contributed by atoms with Gasteiger partial charge in [-0.05, 0) is 84.7 Å². The number of carbonyl (C=O) groups excluding carboxylic acids is 2. The normalized spacial score (nSPS) is 47.4. The maximum Gasteiger partial charge on any atom is 0.155 e. The molecule has 0 aromatic heterocycles. The second-order valence-corrected chi connectivity index (χ2v) is 9.06. The number of halogens is 1. The summed E-state index contributed by atoms with van der Waals surface area (Å²) in [6.07, 6.45) is 9.71. The first-order chi connectivity index (χ1) is 12.0. The molecule has 0 heterocycles. The molecule has 25 heavy (non-hydrogen) atoms. The molecule has 0 aliphatic heterocycles. The largest absolute Gasteiger partial charge is 0.295 e. The van der Waals surface area contributed by atoms with Gasteiger partial charge in [-0.2, -0.15) is 0 Å². The molecule has 0 aromatic rings. The van der Waals surface area contributed by atoms with Crippen molar-refractivity contribution in [3.63, 3.8) is 0 Å². The van der Waals surface area contributed by atoms with Crippen molar-refractivity contribution in [2.45, 2.75) is 52.4 Å². The third-order valence-electron chi connectivity index (χ3n) is 7.96. The van der Waals surface area contributed by atoms with Crippen molar-refractivity contribution in [2.24, 2.45) is 40.9 Å². The Morgan fingerprint density at radius 1 is 1.32 bits per heavy atom. The molecule has 0 radical (unpaired) electrons. The highest BCUT2D eigenvalue weighted by Crippen LogP contribution is 2.66. The van der Waals surface area contributed by atoms with Crippen LogP contribution in [0.2, 0.25) is 0 Å². The van der Waals surface area contributed by atoms with Gasteiger partial charge in [0.2, 0.25) is 0 Å². The summed E-state index contributed by atoms with van der Waals surface area (Å²) in [6.45, 7) is 4.53. The van der Waals surface area contributed by atoms with Crippen LogP contribution in [0.3, 0.4) is 0 Å². The van der Waals surface area contributed by atoms with Crippen molar-refractivity contribution in [2.75, 3.05) is 0 Å². The highest BCUT2D eigenvalue weighted by atomic mass is 19.1. The van der Waals surface area contributed by atoms with Gasteiger partial charge in [0.05, 0.1) is 6.33 Å². The summed E-state index contributed by atoms with van der Waals surface area (Å²) < 4.78 is 14.0. The molecule has 0 N–H and O–H groups in total. The van der Waals surface area contributed by atoms with Crippen LogP contribution < -0.4 is 0 Å². The predicted molar refractivity (Wildman–Crippen MR) is 95.0 cm³/mol. The van der Waals surface area contributed by atoms with E-state index in [4.69, 9.17) is 0 Å². The van der Waals surface area contributed by atoms with Crippen molar-refractivity contribution in [1.82, 2.24) is 0 Å². The van der Waals surface area contributed by atoms with Gasteiger partial charge < -0.3 is 0 Å². The lowest BCUT2D eigenvalue weighted by molar-refractivity contribution is -0.116. The summed E-state index contributed by atoms with van der Waals surface area (Å²) in [5.74, 6) is 4.47. The van der Waals surface area contributed by atoms with E-state index in [1.165, 1.54) is 5.57 Å². The molecule has 0 amide bonds. The van der Waals surface area contributed by atoms with Gasteiger partial charge >= 0.3 is 0 Å². The van der Waals surface area contributed by atoms with Gasteiger partial charge in [0.15, 0.2) is 5.78 Å². The number of hydrogen-bond donors (Lipinski definition) is 0. The zero-order valence-corrected chi connectivity index (χ0v) is 15.1. The van der Waals surface area contributed by atoms with E-state index in [0.717, 1.165) is 44.0 Å². The smallest absolute Gasteiger partial charge is 0.155 e. The second kappa shape index (κ2) is 6.06. The first kappa shape index (κ1) is 17.0. The Hall–Kier alpha value is -1.47. The molecule has 0 bridgehead atoms. The topological polar surface area (TPSA) is 34.1 Å². The molecule has 7 atom stereocenters. The number of rotatable bonds is 1. The molecule has 134 valence electrons. The van der Waals surface area contributed by atoms with E-state index < -0.39 is 0 Å². The van der Waals surface area contributed by atoms with Crippen LogP contribution in [0.25, 0.3) is 0 Å². The number of ketones is 1. The van der Waals surface area contributed by atoms with Gasteiger partial charge in [-0.3, -0.25) is 4.79 Å². The number of hydrogen-bond acceptors (Lipinski definition) is 2. The molecular weight excluding hydrogens is 315 g/mol. The van der Waals surface area contributed by atoms with Crippen LogP contribution in [0.5, 0.6) is 0 Å². The molecule has 3 heteroatoms. The van der Waals surface area contributed by atoms with E-state index in [-0.39, 0.29) is 23.0 Å². The lowest BCUT2D eigenvalue weighted by Crippen LogP contribution is -2.50. The van der Waals surface area contributed by atoms with E-state index in [1.807, 2.05) is 12.0 Å². The minimum atomic E-state index is -0.0313. The predicted octanol–water partition coefficient (Wildman–Crippen LogP) is 4.84. The Bertz CT molecular complexity index is 699. The lowest BCUT2D eigenvalue weighted by Gasteiger charge is -2.56. The average molecular weight is 342 g/mol. The molecular formula is C22H27FO2. The molecule has 3 saturated carbocycles. The van der Waals surface area contributed by atoms with Crippen LogP contribution in [-0.4, -0.2) is 11.7 Å². The summed E-state index contributed by atoms with van der Waals surface area (Å²) in [5, 5.41) is 0. The fourth-order valence-electron chi connectivity index (χ4n) is 6.98. The number of carbonyl (C=O) groups is 1. The van der Waals surface area contributed by atoms with Crippen LogP contribution in [0.1, 0.15) is 52.4 Å². The van der Waals surface area contributed by atoms with E-state index in [1.54, 1.807) is 6.08 Å². The first-order valence-electron chi connectivity index (χ1n) is 9.73. The van der Waals surface area contributed by atoms with Gasteiger partial charge in [0.1, 0.15) is 5.94 Å². The molecule has 4 rings (SSSR count). The second-order valence-electron chi connectivity index (χ2n) is 9.06. The van der Waals surface area contributed by atoms with Crippen LogP contribution in [-0.2, 0) is 9.59 Å². The van der Waals surface area contributed by atoms with Gasteiger partial charge in [0.25, 0.3) is 0 Å². The maximum absolute atomic E-state index is 14.0. The highest BCUT2D eigenvalue weighted by molar-refractivity contribution is 5.91. The molecule has 0 saturated heterocycles. The van der Waals surface area contributed by atoms with E-state index in [9.17, 15) is 14.0 Å². The van der Waals surface area contributed by atoms with E-state index >= 15 is 0 Å². The van der Waals surface area contributed by atoms with Crippen molar-refractivity contribution in [1.29, 1.82) is 0 Å². The monoisotopic (exact) mass is 342 g/mol. The van der Waals surface area contributed by atoms with Crippen molar-refractivity contribution in [3.05, 3.63) is 29.6 Å². The minimum absolute atomic E-state index is 0.0313. The molecule has 0 spiro atoms. The molecule has 0 unspecified atom stereocenters. The molecule has 2 nitrogen and oxygen atoms in total. The quantitative estimate of drug-likeness (QED) is 0.639. The molecule has 0 aromatic carbocycles. The summed E-state index contributed by atoms with van der Waals surface area (Å²) in [6, 6.07) is 0. The van der Waals surface area contributed by atoms with Crippen molar-refractivity contribution < 1.29 is 14.0 Å². The van der Waals surface area contributed by atoms with Gasteiger partial charge in [-0.1, -0.05) is 19.4 Å². The maximum atomic E-state index is 14.0. The highest BCUT2D eigenvalue weighted by Gasteiger charge is 2.59. The first-order valence-corrected chi connectivity index (χ1v) is 9.73. The Balaban J connectivity index is 1.77. The van der Waals surface area contributed by atoms with E-state index in [2.05, 4.69) is 13.8 Å². The standard InChI is InChI=1S/C22H27FO2/c1-13-9-14-10-17(25)4-5-18(14)21-15(12-23)11-22(2)16(7-8-24)3-6-19(22)20(13)21/h7,10,12-13,16,18-21H,3-6,9,11H2,1-2H3/t13-,16+,18+,19+,20+,21-,22-/m1/s1. The van der Waals surface area contributed by atoms with Crippen molar-refractivity contribution >= 4 is 11.7 Å². The zero-order valence-electron chi connectivity index (χ0n) is 15.1. The lowest BCUT2D eigenvalue weighted by atomic mass is 9.47.